The van der Waals surface area contributed by atoms with Gasteiger partial charge in [0, 0.05) is 13.1 Å². The summed E-state index contributed by atoms with van der Waals surface area (Å²) in [7, 11) is 1.52. The van der Waals surface area contributed by atoms with Crippen LogP contribution in [0.15, 0.2) is 0 Å². The molecule has 21 heavy (non-hydrogen) atoms. The van der Waals surface area contributed by atoms with E-state index >= 15 is 0 Å². The van der Waals surface area contributed by atoms with E-state index in [-0.39, 0.29) is 6.01 Å². The van der Waals surface area contributed by atoms with Crippen molar-refractivity contribution in [1.29, 1.82) is 0 Å². The van der Waals surface area contributed by atoms with Gasteiger partial charge >= 0.3 is 6.01 Å². The lowest BCUT2D eigenvalue weighted by atomic mass is 9.95. The van der Waals surface area contributed by atoms with Crippen LogP contribution < -0.4 is 15.4 Å². The van der Waals surface area contributed by atoms with Gasteiger partial charge in [0.15, 0.2) is 0 Å². The van der Waals surface area contributed by atoms with Crippen molar-refractivity contribution in [3.8, 4) is 6.01 Å². The lowest BCUT2D eigenvalue weighted by Crippen LogP contribution is -2.36. The molecule has 7 nitrogen and oxygen atoms in total. The van der Waals surface area contributed by atoms with E-state index in [0.717, 1.165) is 32.2 Å². The van der Waals surface area contributed by atoms with E-state index in [1.807, 2.05) is 6.92 Å². The van der Waals surface area contributed by atoms with Crippen LogP contribution in [0.2, 0.25) is 0 Å². The van der Waals surface area contributed by atoms with Gasteiger partial charge < -0.3 is 20.5 Å². The molecule has 0 atom stereocenters. The van der Waals surface area contributed by atoms with Crippen LogP contribution in [0.3, 0.4) is 0 Å². The second kappa shape index (κ2) is 7.40. The maximum Gasteiger partial charge on any atom is 0.322 e. The molecule has 1 heterocycles. The zero-order valence-corrected chi connectivity index (χ0v) is 12.9. The molecule has 1 aromatic rings. The third-order valence-electron chi connectivity index (χ3n) is 3.74. The predicted octanol–water partition coefficient (Wildman–Crippen LogP) is 1.81. The molecule has 0 amide bonds. The highest BCUT2D eigenvalue weighted by molar-refractivity contribution is 5.36. The Morgan fingerprint density at radius 1 is 1.05 bits per heavy atom. The summed E-state index contributed by atoms with van der Waals surface area (Å²) in [6.07, 6.45) is 6.19. The molecule has 0 radical (unpaired) electrons. The first-order valence-electron chi connectivity index (χ1n) is 7.65. The van der Waals surface area contributed by atoms with Gasteiger partial charge in [-0.25, -0.2) is 0 Å². The molecule has 0 aliphatic heterocycles. The highest BCUT2D eigenvalue weighted by Gasteiger charge is 2.28. The summed E-state index contributed by atoms with van der Waals surface area (Å²) >= 11 is 0. The Labute approximate surface area is 125 Å². The molecule has 0 spiro atoms. The molecule has 1 aromatic heterocycles. The van der Waals surface area contributed by atoms with Crippen LogP contribution >= 0.6 is 0 Å². The Bertz CT molecular complexity index is 447. The Hall–Kier alpha value is -1.63. The fourth-order valence-corrected chi connectivity index (χ4v) is 2.57. The largest absolute Gasteiger partial charge is 0.467 e. The van der Waals surface area contributed by atoms with Crippen molar-refractivity contribution < 1.29 is 9.84 Å². The first-order chi connectivity index (χ1) is 10.1. The number of rotatable bonds is 6. The summed E-state index contributed by atoms with van der Waals surface area (Å²) in [5.41, 5.74) is -0.672. The highest BCUT2D eigenvalue weighted by atomic mass is 16.5. The summed E-state index contributed by atoms with van der Waals surface area (Å²) in [5.74, 6) is 0.898. The SMILES string of the molecule is CCNc1nc(NCC2(O)CCCCCC2)nc(OC)n1. The summed E-state index contributed by atoms with van der Waals surface area (Å²) in [4.78, 5) is 12.6. The van der Waals surface area contributed by atoms with Crippen LogP contribution in [0.4, 0.5) is 11.9 Å². The van der Waals surface area contributed by atoms with Crippen LogP contribution in [-0.4, -0.2) is 45.9 Å². The Morgan fingerprint density at radius 2 is 1.67 bits per heavy atom. The molecule has 118 valence electrons. The molecular formula is C14H25N5O2. The summed E-state index contributed by atoms with van der Waals surface area (Å²) in [6, 6.07) is 0.260. The molecule has 7 heteroatoms. The number of aliphatic hydroxyl groups is 1. The van der Waals surface area contributed by atoms with E-state index in [2.05, 4.69) is 25.6 Å². The van der Waals surface area contributed by atoms with Gasteiger partial charge in [-0.2, -0.15) is 15.0 Å². The molecule has 1 aliphatic rings. The van der Waals surface area contributed by atoms with E-state index in [1.54, 1.807) is 0 Å². The number of ether oxygens (including phenoxy) is 1. The maximum atomic E-state index is 10.6. The van der Waals surface area contributed by atoms with Crippen molar-refractivity contribution >= 4 is 11.9 Å². The molecule has 1 saturated carbocycles. The van der Waals surface area contributed by atoms with Crippen molar-refractivity contribution in [2.24, 2.45) is 0 Å². The van der Waals surface area contributed by atoms with Crippen molar-refractivity contribution in [2.45, 2.75) is 51.0 Å². The fourth-order valence-electron chi connectivity index (χ4n) is 2.57. The summed E-state index contributed by atoms with van der Waals surface area (Å²) < 4.78 is 5.07. The highest BCUT2D eigenvalue weighted by Crippen LogP contribution is 2.27. The number of aromatic nitrogens is 3. The van der Waals surface area contributed by atoms with Crippen molar-refractivity contribution in [1.82, 2.24) is 15.0 Å². The third kappa shape index (κ3) is 4.70. The fraction of sp³-hybridized carbons (Fsp3) is 0.786. The monoisotopic (exact) mass is 295 g/mol. The lowest BCUT2D eigenvalue weighted by molar-refractivity contribution is 0.0379. The van der Waals surface area contributed by atoms with E-state index in [9.17, 15) is 5.11 Å². The van der Waals surface area contributed by atoms with E-state index in [1.165, 1.54) is 20.0 Å². The Morgan fingerprint density at radius 3 is 2.24 bits per heavy atom. The van der Waals surface area contributed by atoms with E-state index in [4.69, 9.17) is 4.74 Å². The number of hydrogen-bond acceptors (Lipinski definition) is 7. The number of methoxy groups -OCH3 is 1. The predicted molar refractivity (Wildman–Crippen MR) is 81.7 cm³/mol. The minimum Gasteiger partial charge on any atom is -0.467 e. The van der Waals surface area contributed by atoms with Crippen LogP contribution in [0, 0.1) is 0 Å². The van der Waals surface area contributed by atoms with Crippen LogP contribution in [-0.2, 0) is 0 Å². The van der Waals surface area contributed by atoms with Crippen LogP contribution in [0.25, 0.3) is 0 Å². The van der Waals surface area contributed by atoms with Crippen LogP contribution in [0.5, 0.6) is 6.01 Å². The van der Waals surface area contributed by atoms with Gasteiger partial charge in [-0.15, -0.1) is 0 Å². The van der Waals surface area contributed by atoms with E-state index < -0.39 is 5.60 Å². The van der Waals surface area contributed by atoms with Crippen molar-refractivity contribution in [3.63, 3.8) is 0 Å². The van der Waals surface area contributed by atoms with Gasteiger partial charge in [-0.1, -0.05) is 25.7 Å². The third-order valence-corrected chi connectivity index (χ3v) is 3.74. The first-order valence-corrected chi connectivity index (χ1v) is 7.65. The topological polar surface area (TPSA) is 92.2 Å². The standard InChI is InChI=1S/C14H25N5O2/c1-3-15-11-17-12(19-13(18-11)21-2)16-10-14(20)8-6-4-5-7-9-14/h20H,3-10H2,1-2H3,(H2,15,16,17,18,19). The lowest BCUT2D eigenvalue weighted by Gasteiger charge is -2.26. The van der Waals surface area contributed by atoms with Gasteiger partial charge in [-0.05, 0) is 19.8 Å². The molecule has 3 N–H and O–H groups in total. The zero-order valence-electron chi connectivity index (χ0n) is 12.9. The minimum absolute atomic E-state index is 0.260. The maximum absolute atomic E-state index is 10.6. The van der Waals surface area contributed by atoms with Gasteiger partial charge in [0.05, 0.1) is 12.7 Å². The normalized spacial score (nSPS) is 17.9. The number of nitrogens with zero attached hydrogens (tertiary/aromatic N) is 3. The zero-order chi connectivity index (χ0) is 15.1. The number of hydrogen-bond donors (Lipinski definition) is 3. The smallest absolute Gasteiger partial charge is 0.322 e. The average molecular weight is 295 g/mol. The molecule has 1 aliphatic carbocycles. The minimum atomic E-state index is -0.672. The van der Waals surface area contributed by atoms with E-state index in [0.29, 0.717) is 18.4 Å². The molecular weight excluding hydrogens is 270 g/mol. The van der Waals surface area contributed by atoms with Gasteiger partial charge in [-0.3, -0.25) is 0 Å². The van der Waals surface area contributed by atoms with Gasteiger partial charge in [0.1, 0.15) is 0 Å². The van der Waals surface area contributed by atoms with Crippen molar-refractivity contribution in [3.05, 3.63) is 0 Å². The molecule has 0 saturated heterocycles. The van der Waals surface area contributed by atoms with Gasteiger partial charge in [0.2, 0.25) is 11.9 Å². The Balaban J connectivity index is 2.02. The number of nitrogens with one attached hydrogen (secondary N) is 2. The first kappa shape index (κ1) is 15.8. The average Bonchev–Trinajstić information content (AvgIpc) is 2.71. The molecule has 0 unspecified atom stereocenters. The summed E-state index contributed by atoms with van der Waals surface area (Å²) in [6.45, 7) is 3.14. The second-order valence-electron chi connectivity index (χ2n) is 5.49. The molecule has 1 fully saturated rings. The Kier molecular flexibility index (Phi) is 5.55. The second-order valence-corrected chi connectivity index (χ2v) is 5.49. The number of anilines is 2. The molecule has 0 bridgehead atoms. The molecule has 2 rings (SSSR count). The van der Waals surface area contributed by atoms with Gasteiger partial charge in [0.25, 0.3) is 0 Å². The summed E-state index contributed by atoms with van der Waals surface area (Å²) in [5, 5.41) is 16.8. The quantitative estimate of drug-likeness (QED) is 0.689. The molecule has 0 aromatic carbocycles. The van der Waals surface area contributed by atoms with Crippen LogP contribution in [0.1, 0.15) is 45.4 Å². The van der Waals surface area contributed by atoms with Crippen molar-refractivity contribution in [2.75, 3.05) is 30.8 Å².